The van der Waals surface area contributed by atoms with Crippen LogP contribution in [0.2, 0.25) is 5.02 Å². The minimum atomic E-state index is -4.27. The smallest absolute Gasteiger partial charge is 0.269 e. The average Bonchev–Trinajstić information content (AvgIpc) is 2.96. The van der Waals surface area contributed by atoms with Gasteiger partial charge in [0.15, 0.2) is 0 Å². The van der Waals surface area contributed by atoms with E-state index in [2.05, 4.69) is 5.32 Å². The monoisotopic (exact) mass is 600 g/mol. The molecule has 0 fully saturated rings. The quantitative estimate of drug-likeness (QED) is 0.216. The first-order valence-corrected chi connectivity index (χ1v) is 14.9. The van der Waals surface area contributed by atoms with Gasteiger partial charge in [-0.15, -0.1) is 0 Å². The number of rotatable bonds is 13. The number of nitrogens with one attached hydrogen (secondary N) is 1. The number of non-ortho nitro benzene ring substituents is 1. The number of nitro groups is 1. The number of nitrogens with zero attached hydrogens (tertiary/aromatic N) is 3. The maximum atomic E-state index is 14.0. The first kappa shape index (κ1) is 31.6. The summed E-state index contributed by atoms with van der Waals surface area (Å²) in [6.07, 6.45) is 0.284. The van der Waals surface area contributed by atoms with Crippen molar-refractivity contribution in [1.82, 2.24) is 10.2 Å². The first-order chi connectivity index (χ1) is 19.4. The normalized spacial score (nSPS) is 12.0. The van der Waals surface area contributed by atoms with Gasteiger partial charge in [-0.25, -0.2) is 8.42 Å². The van der Waals surface area contributed by atoms with E-state index in [0.29, 0.717) is 17.1 Å². The molecule has 0 bridgehead atoms. The van der Waals surface area contributed by atoms with Gasteiger partial charge in [0.25, 0.3) is 15.7 Å². The second kappa shape index (κ2) is 14.1. The van der Waals surface area contributed by atoms with E-state index in [-0.39, 0.29) is 41.1 Å². The van der Waals surface area contributed by atoms with E-state index < -0.39 is 33.4 Å². The third-order valence-corrected chi connectivity index (χ3v) is 8.34. The predicted molar refractivity (Wildman–Crippen MR) is 158 cm³/mol. The van der Waals surface area contributed by atoms with Crippen molar-refractivity contribution in [3.05, 3.63) is 99.6 Å². The van der Waals surface area contributed by atoms with Crippen molar-refractivity contribution in [2.24, 2.45) is 5.92 Å². The van der Waals surface area contributed by atoms with Crippen molar-refractivity contribution >= 4 is 44.8 Å². The van der Waals surface area contributed by atoms with Crippen LogP contribution in [0.4, 0.5) is 11.4 Å². The predicted octanol–water partition coefficient (Wildman–Crippen LogP) is 5.02. The molecule has 0 aliphatic heterocycles. The fraction of sp³-hybridized carbons (Fsp3) is 0.310. The van der Waals surface area contributed by atoms with Crippen molar-refractivity contribution in [3.8, 4) is 0 Å². The van der Waals surface area contributed by atoms with Gasteiger partial charge >= 0.3 is 0 Å². The Balaban J connectivity index is 2.05. The van der Waals surface area contributed by atoms with Crippen molar-refractivity contribution in [2.45, 2.75) is 44.7 Å². The van der Waals surface area contributed by atoms with Gasteiger partial charge in [0, 0.05) is 30.2 Å². The minimum absolute atomic E-state index is 0.0308. The molecule has 3 aromatic rings. The van der Waals surface area contributed by atoms with E-state index in [1.165, 1.54) is 41.3 Å². The Kier molecular flexibility index (Phi) is 10.8. The molecule has 10 nitrogen and oxygen atoms in total. The molecule has 1 N–H and O–H groups in total. The number of nitro benzene ring substituents is 1. The number of sulfonamides is 1. The SMILES string of the molecule is CCC(C(=O)NCC(C)C)N(Cc1ccc(Cl)cc1)C(=O)CN(c1ccc([N+](=O)[O-])cc1)S(=O)(=O)c1ccccc1. The Morgan fingerprint density at radius 2 is 1.59 bits per heavy atom. The maximum absolute atomic E-state index is 14.0. The Morgan fingerprint density at radius 3 is 2.12 bits per heavy atom. The third kappa shape index (κ3) is 8.27. The summed E-state index contributed by atoms with van der Waals surface area (Å²) < 4.78 is 28.5. The lowest BCUT2D eigenvalue weighted by Crippen LogP contribution is -2.52. The summed E-state index contributed by atoms with van der Waals surface area (Å²) in [5.74, 6) is -0.786. The van der Waals surface area contributed by atoms with Gasteiger partial charge in [-0.1, -0.05) is 62.7 Å². The molecular weight excluding hydrogens is 568 g/mol. The Morgan fingerprint density at radius 1 is 0.976 bits per heavy atom. The average molecular weight is 601 g/mol. The highest BCUT2D eigenvalue weighted by Crippen LogP contribution is 2.27. The molecule has 3 rings (SSSR count). The van der Waals surface area contributed by atoms with Crippen molar-refractivity contribution in [2.75, 3.05) is 17.4 Å². The van der Waals surface area contributed by atoms with Gasteiger partial charge < -0.3 is 10.2 Å². The van der Waals surface area contributed by atoms with E-state index >= 15 is 0 Å². The van der Waals surface area contributed by atoms with E-state index in [1.807, 2.05) is 13.8 Å². The Bertz CT molecular complexity index is 1450. The summed E-state index contributed by atoms with van der Waals surface area (Å²) in [5, 5.41) is 14.6. The van der Waals surface area contributed by atoms with Crippen LogP contribution in [0.5, 0.6) is 0 Å². The first-order valence-electron chi connectivity index (χ1n) is 13.1. The number of amides is 2. The summed E-state index contributed by atoms with van der Waals surface area (Å²) in [6, 6.07) is 18.4. The lowest BCUT2D eigenvalue weighted by Gasteiger charge is -2.33. The summed E-state index contributed by atoms with van der Waals surface area (Å²) in [5.41, 5.74) is 0.539. The zero-order valence-electron chi connectivity index (χ0n) is 23.1. The second-order valence-corrected chi connectivity index (χ2v) is 12.1. The molecule has 41 heavy (non-hydrogen) atoms. The molecule has 1 unspecified atom stereocenters. The molecule has 0 aliphatic rings. The van der Waals surface area contributed by atoms with Crippen LogP contribution in [0.25, 0.3) is 0 Å². The molecular formula is C29H33ClN4O6S. The van der Waals surface area contributed by atoms with Crippen LogP contribution in [0, 0.1) is 16.0 Å². The van der Waals surface area contributed by atoms with Crippen LogP contribution in [0.15, 0.2) is 83.8 Å². The zero-order chi connectivity index (χ0) is 30.2. The zero-order valence-corrected chi connectivity index (χ0v) is 24.6. The molecule has 218 valence electrons. The molecule has 0 saturated carbocycles. The maximum Gasteiger partial charge on any atom is 0.269 e. The topological polar surface area (TPSA) is 130 Å². The fourth-order valence-corrected chi connectivity index (χ4v) is 5.68. The minimum Gasteiger partial charge on any atom is -0.354 e. The Labute approximate surface area is 245 Å². The standard InChI is InChI=1S/C29H33ClN4O6S/c1-4-27(29(36)31-18-21(2)3)32(19-22-10-12-23(30)13-11-22)28(35)20-33(24-14-16-25(17-15-24)34(37)38)41(39,40)26-8-6-5-7-9-26/h5-17,21,27H,4,18-20H2,1-3H3,(H,31,36). The Hall–Kier alpha value is -3.96. The number of halogens is 1. The van der Waals surface area contributed by atoms with E-state index in [4.69, 9.17) is 11.6 Å². The van der Waals surface area contributed by atoms with Gasteiger partial charge in [-0.3, -0.25) is 24.0 Å². The second-order valence-electron chi connectivity index (χ2n) is 9.81. The highest BCUT2D eigenvalue weighted by atomic mass is 35.5. The van der Waals surface area contributed by atoms with E-state index in [9.17, 15) is 28.1 Å². The molecule has 0 aromatic heterocycles. The highest BCUT2D eigenvalue weighted by Gasteiger charge is 2.33. The number of carbonyl (C=O) groups excluding carboxylic acids is 2. The molecule has 2 amide bonds. The number of anilines is 1. The van der Waals surface area contributed by atoms with Gasteiger partial charge in [0.1, 0.15) is 12.6 Å². The molecule has 0 saturated heterocycles. The summed E-state index contributed by atoms with van der Waals surface area (Å²) in [4.78, 5) is 39.1. The molecule has 0 aliphatic carbocycles. The van der Waals surface area contributed by atoms with Gasteiger partial charge in [0.05, 0.1) is 15.5 Å². The van der Waals surface area contributed by atoms with Gasteiger partial charge in [-0.2, -0.15) is 0 Å². The summed E-state index contributed by atoms with van der Waals surface area (Å²) >= 11 is 6.04. The van der Waals surface area contributed by atoms with Crippen molar-refractivity contribution in [1.29, 1.82) is 0 Å². The van der Waals surface area contributed by atoms with Crippen LogP contribution >= 0.6 is 11.6 Å². The lowest BCUT2D eigenvalue weighted by atomic mass is 10.1. The molecule has 3 aromatic carbocycles. The number of hydrogen-bond donors (Lipinski definition) is 1. The molecule has 0 spiro atoms. The highest BCUT2D eigenvalue weighted by molar-refractivity contribution is 7.92. The van der Waals surface area contributed by atoms with Gasteiger partial charge in [0.2, 0.25) is 11.8 Å². The van der Waals surface area contributed by atoms with Crippen LogP contribution < -0.4 is 9.62 Å². The van der Waals surface area contributed by atoms with Crippen LogP contribution in [-0.4, -0.2) is 49.2 Å². The molecule has 0 heterocycles. The fourth-order valence-electron chi connectivity index (χ4n) is 4.12. The lowest BCUT2D eigenvalue weighted by molar-refractivity contribution is -0.384. The van der Waals surface area contributed by atoms with Crippen LogP contribution in [0.1, 0.15) is 32.8 Å². The van der Waals surface area contributed by atoms with Crippen molar-refractivity contribution < 1.29 is 22.9 Å². The molecule has 12 heteroatoms. The number of carbonyl (C=O) groups is 2. The number of hydrogen-bond acceptors (Lipinski definition) is 6. The molecule has 1 atom stereocenters. The largest absolute Gasteiger partial charge is 0.354 e. The van der Waals surface area contributed by atoms with Gasteiger partial charge in [-0.05, 0) is 54.3 Å². The van der Waals surface area contributed by atoms with E-state index in [1.54, 1.807) is 49.4 Å². The summed E-state index contributed by atoms with van der Waals surface area (Å²) in [6.45, 7) is 5.48. The molecule has 0 radical (unpaired) electrons. The van der Waals surface area contributed by atoms with E-state index in [0.717, 1.165) is 4.31 Å². The van der Waals surface area contributed by atoms with Crippen LogP contribution in [-0.2, 0) is 26.2 Å². The third-order valence-electron chi connectivity index (χ3n) is 6.30. The summed E-state index contributed by atoms with van der Waals surface area (Å²) in [7, 11) is -4.27. The van der Waals surface area contributed by atoms with Crippen LogP contribution in [0.3, 0.4) is 0 Å². The van der Waals surface area contributed by atoms with Crippen molar-refractivity contribution in [3.63, 3.8) is 0 Å². The number of benzene rings is 3.